The highest BCUT2D eigenvalue weighted by Gasteiger charge is 2.17. The van der Waals surface area contributed by atoms with Crippen molar-refractivity contribution in [1.82, 2.24) is 4.72 Å². The molecule has 0 radical (unpaired) electrons. The molecule has 0 saturated heterocycles. The standard InChI is InChI=1S/C19H24N2O5S/c1-4-19(22)21-17-12-16(10-11-18(17)26-5-2)27(23,24)20-13-14-6-8-15(25-3)9-7-14/h6-12,20H,4-5,13H2,1-3H3,(H,21,22). The minimum atomic E-state index is -3.76. The molecule has 0 heterocycles. The Balaban J connectivity index is 2.20. The van der Waals surface area contributed by atoms with Crippen molar-refractivity contribution >= 4 is 21.6 Å². The maximum Gasteiger partial charge on any atom is 0.240 e. The number of nitrogens with one attached hydrogen (secondary N) is 2. The molecule has 0 unspecified atom stereocenters. The largest absolute Gasteiger partial charge is 0.497 e. The van der Waals surface area contributed by atoms with Crippen LogP contribution >= 0.6 is 0 Å². The molecule has 0 spiro atoms. The van der Waals surface area contributed by atoms with Crippen molar-refractivity contribution in [3.63, 3.8) is 0 Å². The van der Waals surface area contributed by atoms with Crippen LogP contribution in [-0.4, -0.2) is 28.0 Å². The molecule has 0 aliphatic rings. The number of sulfonamides is 1. The Bertz CT molecular complexity index is 879. The zero-order valence-corrected chi connectivity index (χ0v) is 16.4. The average Bonchev–Trinajstić information content (AvgIpc) is 2.68. The molecular formula is C19H24N2O5S. The lowest BCUT2D eigenvalue weighted by molar-refractivity contribution is -0.115. The summed E-state index contributed by atoms with van der Waals surface area (Å²) >= 11 is 0. The lowest BCUT2D eigenvalue weighted by Gasteiger charge is -2.14. The molecule has 0 aliphatic carbocycles. The Morgan fingerprint density at radius 1 is 1.07 bits per heavy atom. The molecule has 146 valence electrons. The predicted octanol–water partition coefficient (Wildman–Crippen LogP) is 2.92. The summed E-state index contributed by atoms with van der Waals surface area (Å²) in [6.45, 7) is 4.06. The third-order valence-electron chi connectivity index (χ3n) is 3.78. The van der Waals surface area contributed by atoms with Gasteiger partial charge < -0.3 is 14.8 Å². The van der Waals surface area contributed by atoms with E-state index in [-0.39, 0.29) is 23.8 Å². The van der Waals surface area contributed by atoms with E-state index in [1.165, 1.54) is 18.2 Å². The Kier molecular flexibility index (Phi) is 7.20. The quantitative estimate of drug-likeness (QED) is 0.684. The van der Waals surface area contributed by atoms with Crippen LogP contribution in [-0.2, 0) is 21.4 Å². The molecule has 0 aliphatic heterocycles. The first kappa shape index (κ1) is 20.7. The molecule has 2 aromatic carbocycles. The van der Waals surface area contributed by atoms with Crippen molar-refractivity contribution in [2.75, 3.05) is 19.0 Å². The molecule has 2 aromatic rings. The fourth-order valence-corrected chi connectivity index (χ4v) is 3.34. The van der Waals surface area contributed by atoms with E-state index in [4.69, 9.17) is 9.47 Å². The number of carbonyl (C=O) groups excluding carboxylic acids is 1. The molecule has 1 amide bonds. The molecule has 0 aromatic heterocycles. The molecule has 0 atom stereocenters. The molecule has 27 heavy (non-hydrogen) atoms. The maximum absolute atomic E-state index is 12.6. The molecule has 7 nitrogen and oxygen atoms in total. The molecular weight excluding hydrogens is 368 g/mol. The van der Waals surface area contributed by atoms with Gasteiger partial charge in [-0.15, -0.1) is 0 Å². The van der Waals surface area contributed by atoms with Crippen LogP contribution in [0, 0.1) is 0 Å². The number of hydrogen-bond acceptors (Lipinski definition) is 5. The summed E-state index contributed by atoms with van der Waals surface area (Å²) in [4.78, 5) is 11.8. The van der Waals surface area contributed by atoms with Gasteiger partial charge in [-0.05, 0) is 42.8 Å². The highest BCUT2D eigenvalue weighted by molar-refractivity contribution is 7.89. The minimum absolute atomic E-state index is 0.0471. The van der Waals surface area contributed by atoms with E-state index in [9.17, 15) is 13.2 Å². The van der Waals surface area contributed by atoms with Crippen molar-refractivity contribution in [3.05, 3.63) is 48.0 Å². The normalized spacial score (nSPS) is 11.1. The van der Waals surface area contributed by atoms with Crippen LogP contribution < -0.4 is 19.5 Å². The first-order valence-electron chi connectivity index (χ1n) is 8.59. The average molecular weight is 392 g/mol. The number of benzene rings is 2. The zero-order chi connectivity index (χ0) is 19.9. The van der Waals surface area contributed by atoms with E-state index in [1.807, 2.05) is 6.92 Å². The fraction of sp³-hybridized carbons (Fsp3) is 0.316. The summed E-state index contributed by atoms with van der Waals surface area (Å²) < 4.78 is 38.3. The summed E-state index contributed by atoms with van der Waals surface area (Å²) in [6.07, 6.45) is 0.276. The van der Waals surface area contributed by atoms with Gasteiger partial charge in [0.1, 0.15) is 11.5 Å². The van der Waals surface area contributed by atoms with Gasteiger partial charge in [-0.25, -0.2) is 13.1 Å². The number of rotatable bonds is 9. The van der Waals surface area contributed by atoms with Crippen LogP contribution in [0.25, 0.3) is 0 Å². The molecule has 8 heteroatoms. The molecule has 2 N–H and O–H groups in total. The van der Waals surface area contributed by atoms with Crippen LogP contribution in [0.2, 0.25) is 0 Å². The monoisotopic (exact) mass is 392 g/mol. The minimum Gasteiger partial charge on any atom is -0.497 e. The smallest absolute Gasteiger partial charge is 0.240 e. The number of carbonyl (C=O) groups is 1. The first-order chi connectivity index (χ1) is 12.9. The van der Waals surface area contributed by atoms with Gasteiger partial charge in [-0.1, -0.05) is 19.1 Å². The van der Waals surface area contributed by atoms with Crippen LogP contribution in [0.4, 0.5) is 5.69 Å². The molecule has 0 bridgehead atoms. The van der Waals surface area contributed by atoms with E-state index in [0.717, 1.165) is 5.56 Å². The Morgan fingerprint density at radius 2 is 1.78 bits per heavy atom. The predicted molar refractivity (Wildman–Crippen MR) is 104 cm³/mol. The van der Waals surface area contributed by atoms with Crippen LogP contribution in [0.1, 0.15) is 25.8 Å². The SMILES string of the molecule is CCOc1ccc(S(=O)(=O)NCc2ccc(OC)cc2)cc1NC(=O)CC. The van der Waals surface area contributed by atoms with Crippen LogP contribution in [0.3, 0.4) is 0 Å². The summed E-state index contributed by atoms with van der Waals surface area (Å²) in [6, 6.07) is 11.5. The number of amides is 1. The molecule has 2 rings (SSSR count). The van der Waals surface area contributed by atoms with E-state index in [2.05, 4.69) is 10.0 Å². The Labute approximate surface area is 159 Å². The second-order valence-corrected chi connectivity index (χ2v) is 7.43. The third-order valence-corrected chi connectivity index (χ3v) is 5.18. The lowest BCUT2D eigenvalue weighted by Crippen LogP contribution is -2.23. The van der Waals surface area contributed by atoms with E-state index >= 15 is 0 Å². The second kappa shape index (κ2) is 9.38. The summed E-state index contributed by atoms with van der Waals surface area (Å²) in [5.41, 5.74) is 1.13. The van der Waals surface area contributed by atoms with Crippen molar-refractivity contribution in [1.29, 1.82) is 0 Å². The van der Waals surface area contributed by atoms with Crippen molar-refractivity contribution in [2.45, 2.75) is 31.7 Å². The number of methoxy groups -OCH3 is 1. The third kappa shape index (κ3) is 5.70. The fourth-order valence-electron chi connectivity index (χ4n) is 2.30. The number of ether oxygens (including phenoxy) is 2. The van der Waals surface area contributed by atoms with Gasteiger partial charge in [-0.3, -0.25) is 4.79 Å². The van der Waals surface area contributed by atoms with Gasteiger partial charge in [-0.2, -0.15) is 0 Å². The van der Waals surface area contributed by atoms with E-state index in [1.54, 1.807) is 38.3 Å². The van der Waals surface area contributed by atoms with Gasteiger partial charge >= 0.3 is 0 Å². The highest BCUT2D eigenvalue weighted by Crippen LogP contribution is 2.28. The zero-order valence-electron chi connectivity index (χ0n) is 15.6. The van der Waals surface area contributed by atoms with Gasteiger partial charge in [0.2, 0.25) is 15.9 Å². The van der Waals surface area contributed by atoms with Gasteiger partial charge in [0.25, 0.3) is 0 Å². The number of anilines is 1. The Hall–Kier alpha value is -2.58. The maximum atomic E-state index is 12.6. The van der Waals surface area contributed by atoms with Crippen molar-refractivity contribution in [2.24, 2.45) is 0 Å². The van der Waals surface area contributed by atoms with E-state index in [0.29, 0.717) is 23.8 Å². The van der Waals surface area contributed by atoms with Crippen LogP contribution in [0.5, 0.6) is 11.5 Å². The molecule has 0 saturated carbocycles. The Morgan fingerprint density at radius 3 is 2.37 bits per heavy atom. The lowest BCUT2D eigenvalue weighted by atomic mass is 10.2. The first-order valence-corrected chi connectivity index (χ1v) is 10.1. The summed E-state index contributed by atoms with van der Waals surface area (Å²) in [7, 11) is -2.19. The van der Waals surface area contributed by atoms with Crippen molar-refractivity contribution in [3.8, 4) is 11.5 Å². The number of hydrogen-bond donors (Lipinski definition) is 2. The molecule has 0 fully saturated rings. The van der Waals surface area contributed by atoms with Crippen LogP contribution in [0.15, 0.2) is 47.4 Å². The van der Waals surface area contributed by atoms with E-state index < -0.39 is 10.0 Å². The van der Waals surface area contributed by atoms with Gasteiger partial charge in [0.05, 0.1) is 24.3 Å². The van der Waals surface area contributed by atoms with Gasteiger partial charge in [0, 0.05) is 13.0 Å². The topological polar surface area (TPSA) is 93.7 Å². The highest BCUT2D eigenvalue weighted by atomic mass is 32.2. The summed E-state index contributed by atoms with van der Waals surface area (Å²) in [5.74, 6) is 0.898. The second-order valence-electron chi connectivity index (χ2n) is 5.67. The van der Waals surface area contributed by atoms with Crippen molar-refractivity contribution < 1.29 is 22.7 Å². The summed E-state index contributed by atoms with van der Waals surface area (Å²) in [5, 5.41) is 2.67. The van der Waals surface area contributed by atoms with Gasteiger partial charge in [0.15, 0.2) is 0 Å².